The molecule has 2 N–H and O–H groups in total. The van der Waals surface area contributed by atoms with Crippen LogP contribution in [0.5, 0.6) is 5.88 Å². The Kier molecular flexibility index (Phi) is 5.48. The lowest BCUT2D eigenvalue weighted by Gasteiger charge is -2.05. The highest BCUT2D eigenvalue weighted by molar-refractivity contribution is 5.59. The van der Waals surface area contributed by atoms with Crippen molar-refractivity contribution in [3.8, 4) is 5.88 Å². The number of ether oxygens (including phenoxy) is 1. The van der Waals surface area contributed by atoms with Crippen molar-refractivity contribution in [1.82, 2.24) is 15.4 Å². The van der Waals surface area contributed by atoms with Crippen molar-refractivity contribution in [3.63, 3.8) is 0 Å². The van der Waals surface area contributed by atoms with E-state index in [1.165, 1.54) is 11.9 Å². The molecule has 2 heterocycles. The van der Waals surface area contributed by atoms with Crippen molar-refractivity contribution in [3.05, 3.63) is 48.4 Å². The van der Waals surface area contributed by atoms with Crippen LogP contribution in [-0.2, 0) is 6.42 Å². The average molecular weight is 272 g/mol. The third kappa shape index (κ3) is 4.66. The number of aromatic nitrogens is 2. The molecule has 0 saturated carbocycles. The largest absolute Gasteiger partial charge is 0.478 e. The van der Waals surface area contributed by atoms with E-state index in [-0.39, 0.29) is 0 Å². The van der Waals surface area contributed by atoms with Gasteiger partial charge in [-0.3, -0.25) is 15.7 Å². The fraction of sp³-hybridized carbons (Fsp3) is 0.214. The van der Waals surface area contributed by atoms with Crippen molar-refractivity contribution in [1.29, 1.82) is 0 Å². The van der Waals surface area contributed by atoms with Crippen LogP contribution in [0.15, 0.2) is 47.8 Å². The summed E-state index contributed by atoms with van der Waals surface area (Å²) in [5.74, 6) is 0.562. The van der Waals surface area contributed by atoms with E-state index >= 15 is 0 Å². The van der Waals surface area contributed by atoms with E-state index in [2.05, 4.69) is 15.0 Å². The maximum Gasteiger partial charge on any atom is 0.213 e. The molecule has 0 atom stereocenters. The maximum atomic E-state index is 8.37. The number of hydroxylamine groups is 1. The predicted octanol–water partition coefficient (Wildman–Crippen LogP) is 2.13. The van der Waals surface area contributed by atoms with Gasteiger partial charge >= 0.3 is 0 Å². The molecular weight excluding hydrogens is 256 g/mol. The lowest BCUT2D eigenvalue weighted by Crippen LogP contribution is -2.01. The first-order chi connectivity index (χ1) is 9.88. The summed E-state index contributed by atoms with van der Waals surface area (Å²) in [6, 6.07) is 7.48. The average Bonchev–Trinajstić information content (AvgIpc) is 2.52. The SMILES string of the molecule is ONC=Nc1ccc(OCCCc2cccnc2)nc1. The standard InChI is InChI=1S/C14H16N4O2/c19-18-11-17-13-5-6-14(16-10-13)20-8-2-4-12-3-1-7-15-9-12/h1,3,5-7,9-11,19H,2,4,8H2,(H,17,18). The number of pyridine rings is 2. The molecule has 6 heteroatoms. The van der Waals surface area contributed by atoms with E-state index in [1.54, 1.807) is 24.5 Å². The van der Waals surface area contributed by atoms with Crippen molar-refractivity contribution in [2.45, 2.75) is 12.8 Å². The topological polar surface area (TPSA) is 79.6 Å². The first kappa shape index (κ1) is 14.0. The maximum absolute atomic E-state index is 8.37. The molecule has 0 aliphatic heterocycles. The summed E-state index contributed by atoms with van der Waals surface area (Å²) in [5.41, 5.74) is 3.67. The smallest absolute Gasteiger partial charge is 0.213 e. The molecule has 0 fully saturated rings. The number of hydrogen-bond donors (Lipinski definition) is 2. The summed E-state index contributed by atoms with van der Waals surface area (Å²) in [4.78, 5) is 12.1. The van der Waals surface area contributed by atoms with Crippen LogP contribution in [0.3, 0.4) is 0 Å². The molecule has 0 spiro atoms. The first-order valence-electron chi connectivity index (χ1n) is 6.28. The van der Waals surface area contributed by atoms with Gasteiger partial charge in [0.15, 0.2) is 0 Å². The number of nitrogens with zero attached hydrogens (tertiary/aromatic N) is 3. The Balaban J connectivity index is 1.73. The highest BCUT2D eigenvalue weighted by atomic mass is 16.5. The fourth-order valence-corrected chi connectivity index (χ4v) is 1.64. The minimum absolute atomic E-state index is 0.562. The molecule has 0 aromatic carbocycles. The van der Waals surface area contributed by atoms with E-state index in [1.807, 2.05) is 23.8 Å². The lowest BCUT2D eigenvalue weighted by atomic mass is 10.2. The van der Waals surface area contributed by atoms with Crippen molar-refractivity contribution >= 4 is 12.0 Å². The Hall–Kier alpha value is -2.47. The van der Waals surface area contributed by atoms with Crippen LogP contribution in [0.1, 0.15) is 12.0 Å². The number of aliphatic imine (C=N–C) groups is 1. The van der Waals surface area contributed by atoms with E-state index in [0.717, 1.165) is 12.8 Å². The van der Waals surface area contributed by atoms with Gasteiger partial charge in [-0.2, -0.15) is 0 Å². The molecule has 2 aromatic rings. The Morgan fingerprint density at radius 1 is 1.30 bits per heavy atom. The molecule has 2 aromatic heterocycles. The van der Waals surface area contributed by atoms with Gasteiger partial charge in [0.2, 0.25) is 5.88 Å². The second kappa shape index (κ2) is 7.85. The number of aryl methyl sites for hydroxylation is 1. The van der Waals surface area contributed by atoms with Gasteiger partial charge in [0.05, 0.1) is 18.5 Å². The normalized spacial score (nSPS) is 10.7. The zero-order valence-electron chi connectivity index (χ0n) is 10.9. The molecular formula is C14H16N4O2. The van der Waals surface area contributed by atoms with Gasteiger partial charge in [0.1, 0.15) is 6.34 Å². The molecule has 0 unspecified atom stereocenters. The zero-order valence-corrected chi connectivity index (χ0v) is 10.9. The Labute approximate surface area is 117 Å². The molecule has 104 valence electrons. The molecule has 0 amide bonds. The second-order valence-electron chi connectivity index (χ2n) is 4.06. The Bertz CT molecular complexity index is 529. The summed E-state index contributed by atoms with van der Waals surface area (Å²) in [6.45, 7) is 0.600. The van der Waals surface area contributed by atoms with Crippen molar-refractivity contribution < 1.29 is 9.94 Å². The third-order valence-electron chi connectivity index (χ3n) is 2.57. The number of hydrogen-bond acceptors (Lipinski definition) is 5. The second-order valence-corrected chi connectivity index (χ2v) is 4.06. The van der Waals surface area contributed by atoms with Gasteiger partial charge < -0.3 is 4.74 Å². The van der Waals surface area contributed by atoms with E-state index in [4.69, 9.17) is 9.94 Å². The molecule has 6 nitrogen and oxygen atoms in total. The molecule has 0 bridgehead atoms. The summed E-state index contributed by atoms with van der Waals surface area (Å²) < 4.78 is 5.54. The van der Waals surface area contributed by atoms with Crippen LogP contribution >= 0.6 is 0 Å². The predicted molar refractivity (Wildman–Crippen MR) is 75.4 cm³/mol. The van der Waals surface area contributed by atoms with E-state index < -0.39 is 0 Å². The summed E-state index contributed by atoms with van der Waals surface area (Å²) in [6.07, 6.45) is 8.20. The quantitative estimate of drug-likeness (QED) is 0.349. The monoisotopic (exact) mass is 272 g/mol. The minimum atomic E-state index is 0.562. The number of rotatable bonds is 7. The van der Waals surface area contributed by atoms with Crippen LogP contribution in [0.2, 0.25) is 0 Å². The Morgan fingerprint density at radius 3 is 2.95 bits per heavy atom. The molecule has 20 heavy (non-hydrogen) atoms. The summed E-state index contributed by atoms with van der Waals surface area (Å²) in [7, 11) is 0. The zero-order chi connectivity index (χ0) is 14.0. The van der Waals surface area contributed by atoms with E-state index in [9.17, 15) is 0 Å². The van der Waals surface area contributed by atoms with Gasteiger partial charge in [-0.1, -0.05) is 6.07 Å². The van der Waals surface area contributed by atoms with Crippen LogP contribution in [-0.4, -0.2) is 28.1 Å². The highest BCUT2D eigenvalue weighted by Gasteiger charge is 1.97. The van der Waals surface area contributed by atoms with Gasteiger partial charge in [-0.05, 0) is 30.5 Å². The van der Waals surface area contributed by atoms with Crippen LogP contribution in [0, 0.1) is 0 Å². The molecule has 0 aliphatic rings. The van der Waals surface area contributed by atoms with E-state index in [0.29, 0.717) is 18.2 Å². The van der Waals surface area contributed by atoms with Crippen molar-refractivity contribution in [2.24, 2.45) is 4.99 Å². The summed E-state index contributed by atoms with van der Waals surface area (Å²) in [5, 5.41) is 8.37. The third-order valence-corrected chi connectivity index (χ3v) is 2.57. The number of nitrogens with one attached hydrogen (secondary N) is 1. The van der Waals surface area contributed by atoms with Gasteiger partial charge in [-0.15, -0.1) is 0 Å². The Morgan fingerprint density at radius 2 is 2.25 bits per heavy atom. The van der Waals surface area contributed by atoms with Crippen LogP contribution in [0.25, 0.3) is 0 Å². The highest BCUT2D eigenvalue weighted by Crippen LogP contribution is 2.14. The van der Waals surface area contributed by atoms with Gasteiger partial charge in [0.25, 0.3) is 0 Å². The lowest BCUT2D eigenvalue weighted by molar-refractivity contribution is 0.240. The molecule has 0 radical (unpaired) electrons. The molecule has 0 aliphatic carbocycles. The van der Waals surface area contributed by atoms with Gasteiger partial charge in [0, 0.05) is 18.5 Å². The molecule has 2 rings (SSSR count). The minimum Gasteiger partial charge on any atom is -0.478 e. The van der Waals surface area contributed by atoms with Crippen LogP contribution < -0.4 is 10.2 Å². The first-order valence-corrected chi connectivity index (χ1v) is 6.28. The molecule has 0 saturated heterocycles. The van der Waals surface area contributed by atoms with Crippen LogP contribution in [0.4, 0.5) is 5.69 Å². The van der Waals surface area contributed by atoms with Crippen molar-refractivity contribution in [2.75, 3.05) is 6.61 Å². The van der Waals surface area contributed by atoms with Gasteiger partial charge in [-0.25, -0.2) is 9.98 Å². The summed E-state index contributed by atoms with van der Waals surface area (Å²) >= 11 is 0. The fourth-order valence-electron chi connectivity index (χ4n) is 1.64.